The standard InChI is InChI=1S/C15H20N2O3.C12H15NO3.2C2H6.CH3.H/c1-17(2)10-13(14(18)11-20-3)15(19)16-9-12-7-5-4-6-8-12;1-16-9-11(14)7-12(15)13-8-10-5-3-2-4-6-10;2*1-2;;/h4-8,10H,9,11H2,1-3H3,(H,16,19);2-6H,7-9H2,1H3,(H,13,15);2*1-2H3;1H3;/q;;;;2*-1/b13-10-;;;;;/i;;;;;1+1. The second-order valence-electron chi connectivity index (χ2n) is 7.94. The van der Waals surface area contributed by atoms with Crippen LogP contribution in [0.25, 0.3) is 0 Å². The Morgan fingerprint density at radius 3 is 1.61 bits per heavy atom. The molecule has 2 N–H and O–H groups in total. The monoisotopic (exact) mass is 574 g/mol. The van der Waals surface area contributed by atoms with Gasteiger partial charge in [0.15, 0.2) is 11.6 Å². The molecule has 0 aromatic heterocycles. The van der Waals surface area contributed by atoms with E-state index in [4.69, 9.17) is 4.74 Å². The zero-order valence-electron chi connectivity index (χ0n) is 27.3. The Labute approximate surface area is 248 Å². The number of carbonyl (C=O) groups is 4. The zero-order chi connectivity index (χ0) is 30.8. The molecule has 2 aromatic carbocycles. The Morgan fingerprint density at radius 2 is 1.20 bits per heavy atom. The van der Waals surface area contributed by atoms with Crippen molar-refractivity contribution in [1.82, 2.24) is 15.5 Å². The van der Waals surface area contributed by atoms with Gasteiger partial charge in [-0.1, -0.05) is 88.4 Å². The zero-order valence-corrected chi connectivity index (χ0v) is 26.3. The summed E-state index contributed by atoms with van der Waals surface area (Å²) in [5, 5.41) is 5.41. The predicted molar refractivity (Wildman–Crippen MR) is 167 cm³/mol. The third-order valence-electron chi connectivity index (χ3n) is 4.50. The number of methoxy groups -OCH3 is 2. The van der Waals surface area contributed by atoms with Crippen LogP contribution in [0.2, 0.25) is 0 Å². The third-order valence-corrected chi connectivity index (χ3v) is 4.50. The molecule has 2 aromatic rings. The number of rotatable bonds is 13. The number of carbonyl (C=O) groups excluding carboxylic acids is 4. The first kappa shape index (κ1) is 41.7. The minimum atomic E-state index is -0.399. The summed E-state index contributed by atoms with van der Waals surface area (Å²) >= 11 is 0. The number of benzene rings is 2. The summed E-state index contributed by atoms with van der Waals surface area (Å²) in [5.74, 6) is -1.23. The van der Waals surface area contributed by atoms with Gasteiger partial charge in [0.2, 0.25) is 5.91 Å². The van der Waals surface area contributed by atoms with Crippen LogP contribution in [0.1, 0.15) is 46.7 Å². The molecule has 0 unspecified atom stereocenters. The average Bonchev–Trinajstić information content (AvgIpc) is 2.97. The van der Waals surface area contributed by atoms with E-state index in [0.29, 0.717) is 13.1 Å². The molecule has 0 fully saturated rings. The first-order valence-corrected chi connectivity index (χ1v) is 13.3. The van der Waals surface area contributed by atoms with Crippen LogP contribution in [0, 0.1) is 7.43 Å². The quantitative estimate of drug-likeness (QED) is 0.157. The largest absolute Gasteiger partial charge is 1.00 e. The van der Waals surface area contributed by atoms with Gasteiger partial charge in [0.25, 0.3) is 5.91 Å². The van der Waals surface area contributed by atoms with Gasteiger partial charge >= 0.3 is 0 Å². The minimum Gasteiger partial charge on any atom is -1.00 e. The highest BCUT2D eigenvalue weighted by atomic mass is 16.5. The number of ketones is 2. The number of Topliss-reactive ketones (excluding diaryl/α,β-unsaturated/α-hetero) is 2. The highest BCUT2D eigenvalue weighted by Gasteiger charge is 2.18. The van der Waals surface area contributed by atoms with Crippen LogP contribution in [-0.4, -0.2) is 69.8 Å². The molecule has 2 rings (SSSR count). The SMILES string of the molecule is CC.CC.COCC(=O)/C(=C/N(C)C)C(=O)NCc1ccccc1.COCC(=O)CC(=O)NCc1ccccc1.[2H-].[CH3-]. The maximum Gasteiger partial charge on any atom is 0.256 e. The molecule has 41 heavy (non-hydrogen) atoms. The molecule has 0 bridgehead atoms. The second-order valence-corrected chi connectivity index (χ2v) is 7.94. The van der Waals surface area contributed by atoms with Crippen LogP contribution in [-0.2, 0) is 41.7 Å². The summed E-state index contributed by atoms with van der Waals surface area (Å²) in [6, 6.07) is 19.1. The van der Waals surface area contributed by atoms with E-state index in [1.807, 2.05) is 88.4 Å². The van der Waals surface area contributed by atoms with Crippen molar-refractivity contribution in [2.24, 2.45) is 0 Å². The average molecular weight is 575 g/mol. The maximum atomic E-state index is 12.1. The molecule has 0 aliphatic rings. The molecule has 0 saturated heterocycles. The summed E-state index contributed by atoms with van der Waals surface area (Å²) in [7, 11) is 6.36. The molecule has 9 heteroatoms. The molecule has 0 saturated carbocycles. The molecule has 0 radical (unpaired) electrons. The lowest BCUT2D eigenvalue weighted by molar-refractivity contribution is -0.130. The Balaban J connectivity index is -0.000000299. The number of hydrogen-bond acceptors (Lipinski definition) is 7. The summed E-state index contributed by atoms with van der Waals surface area (Å²) in [5.41, 5.74) is 2.08. The van der Waals surface area contributed by atoms with E-state index >= 15 is 0 Å². The summed E-state index contributed by atoms with van der Waals surface area (Å²) in [6.07, 6.45) is 1.38. The van der Waals surface area contributed by atoms with E-state index in [-0.39, 0.29) is 51.5 Å². The van der Waals surface area contributed by atoms with E-state index in [0.717, 1.165) is 11.1 Å². The third kappa shape index (κ3) is 21.7. The predicted octanol–water partition coefficient (Wildman–Crippen LogP) is 4.49. The molecule has 0 atom stereocenters. The highest BCUT2D eigenvalue weighted by molar-refractivity contribution is 6.19. The lowest BCUT2D eigenvalue weighted by Gasteiger charge is -2.11. The fraction of sp³-hybridized carbons (Fsp3) is 0.406. The lowest BCUT2D eigenvalue weighted by atomic mass is 10.1. The molecule has 0 aliphatic carbocycles. The van der Waals surface area contributed by atoms with Gasteiger partial charge in [0, 0.05) is 47.6 Å². The molecule has 232 valence electrons. The Bertz CT molecular complexity index is 1000. The fourth-order valence-corrected chi connectivity index (χ4v) is 2.85. The second kappa shape index (κ2) is 27.7. The molecule has 0 aliphatic heterocycles. The van der Waals surface area contributed by atoms with Crippen molar-refractivity contribution in [3.05, 3.63) is 91.0 Å². The van der Waals surface area contributed by atoms with Crippen LogP contribution in [0.5, 0.6) is 0 Å². The smallest absolute Gasteiger partial charge is 0.256 e. The van der Waals surface area contributed by atoms with Gasteiger partial charge in [-0.25, -0.2) is 0 Å². The molecule has 2 amide bonds. The van der Waals surface area contributed by atoms with Gasteiger partial charge in [0.1, 0.15) is 18.8 Å². The van der Waals surface area contributed by atoms with Gasteiger partial charge in [-0.2, -0.15) is 0 Å². The number of hydrogen-bond donors (Lipinski definition) is 2. The van der Waals surface area contributed by atoms with Crippen molar-refractivity contribution in [2.45, 2.75) is 47.2 Å². The first-order chi connectivity index (χ1) is 19.3. The van der Waals surface area contributed by atoms with Gasteiger partial charge < -0.3 is 33.9 Å². The maximum absolute atomic E-state index is 12.1. The molecule has 0 heterocycles. The van der Waals surface area contributed by atoms with E-state index in [1.54, 1.807) is 19.0 Å². The minimum absolute atomic E-state index is 0. The van der Waals surface area contributed by atoms with Gasteiger partial charge in [-0.15, -0.1) is 0 Å². The van der Waals surface area contributed by atoms with Gasteiger partial charge in [-0.05, 0) is 11.1 Å². The van der Waals surface area contributed by atoms with Crippen molar-refractivity contribution in [3.63, 3.8) is 0 Å². The van der Waals surface area contributed by atoms with Crippen molar-refractivity contribution in [1.29, 1.82) is 0 Å². The number of amides is 2. The lowest BCUT2D eigenvalue weighted by Crippen LogP contribution is -2.30. The van der Waals surface area contributed by atoms with Crippen LogP contribution in [0.3, 0.4) is 0 Å². The molecule has 9 nitrogen and oxygen atoms in total. The van der Waals surface area contributed by atoms with Gasteiger partial charge in [-0.3, -0.25) is 19.2 Å². The Hall–Kier alpha value is -3.82. The number of ether oxygens (including phenoxy) is 2. The van der Waals surface area contributed by atoms with Crippen molar-refractivity contribution in [3.8, 4) is 0 Å². The van der Waals surface area contributed by atoms with Crippen molar-refractivity contribution in [2.75, 3.05) is 41.5 Å². The van der Waals surface area contributed by atoms with Crippen LogP contribution in [0.4, 0.5) is 0 Å². The van der Waals surface area contributed by atoms with Crippen LogP contribution < -0.4 is 10.6 Å². The summed E-state index contributed by atoms with van der Waals surface area (Å²) < 4.78 is 9.43. The van der Waals surface area contributed by atoms with E-state index < -0.39 is 5.91 Å². The Morgan fingerprint density at radius 1 is 0.756 bits per heavy atom. The topological polar surface area (TPSA) is 114 Å². The van der Waals surface area contributed by atoms with E-state index in [9.17, 15) is 19.2 Å². The fourth-order valence-electron chi connectivity index (χ4n) is 2.85. The number of nitrogens with zero attached hydrogens (tertiary/aromatic N) is 1. The first-order valence-electron chi connectivity index (χ1n) is 13.3. The molecule has 0 spiro atoms. The molecular weight excluding hydrogens is 522 g/mol. The summed E-state index contributed by atoms with van der Waals surface area (Å²) in [6.45, 7) is 8.70. The number of nitrogens with one attached hydrogen (secondary N) is 2. The highest BCUT2D eigenvalue weighted by Crippen LogP contribution is 2.02. The van der Waals surface area contributed by atoms with Crippen molar-refractivity contribution >= 4 is 23.4 Å². The van der Waals surface area contributed by atoms with Crippen LogP contribution in [0.15, 0.2) is 72.4 Å². The van der Waals surface area contributed by atoms with E-state index in [2.05, 4.69) is 15.4 Å². The van der Waals surface area contributed by atoms with Gasteiger partial charge in [0.05, 0.1) is 6.42 Å². The Kier molecular flexibility index (Phi) is 28.2. The van der Waals surface area contributed by atoms with Crippen molar-refractivity contribution < 1.29 is 30.1 Å². The van der Waals surface area contributed by atoms with Crippen LogP contribution >= 0.6 is 0 Å². The van der Waals surface area contributed by atoms with E-state index in [1.165, 1.54) is 20.4 Å². The summed E-state index contributed by atoms with van der Waals surface area (Å²) in [4.78, 5) is 48.0. The molecular formula is C32H51N3O6-2. The normalized spacial score (nSPS) is 9.51.